The number of aliphatic hydroxyl groups is 1. The van der Waals surface area contributed by atoms with Crippen molar-refractivity contribution in [3.63, 3.8) is 0 Å². The summed E-state index contributed by atoms with van der Waals surface area (Å²) in [6, 6.07) is 0.133. The molecule has 0 spiro atoms. The van der Waals surface area contributed by atoms with Crippen molar-refractivity contribution in [2.24, 2.45) is 11.8 Å². The highest BCUT2D eigenvalue weighted by atomic mass is 16.3. The number of amides is 1. The molecule has 0 aromatic rings. The van der Waals surface area contributed by atoms with E-state index in [1.165, 1.54) is 6.42 Å². The Kier molecular flexibility index (Phi) is 3.03. The van der Waals surface area contributed by atoms with Crippen LogP contribution in [0.5, 0.6) is 0 Å². The molecule has 2 atom stereocenters. The highest BCUT2D eigenvalue weighted by molar-refractivity contribution is 5.79. The van der Waals surface area contributed by atoms with Crippen LogP contribution < -0.4 is 10.6 Å². The molecule has 80 valence electrons. The fourth-order valence-electron chi connectivity index (χ4n) is 2.06. The van der Waals surface area contributed by atoms with Gasteiger partial charge in [0, 0.05) is 37.6 Å². The van der Waals surface area contributed by atoms with Crippen LogP contribution >= 0.6 is 0 Å². The first-order valence-electron chi connectivity index (χ1n) is 5.43. The molecule has 1 amide bonds. The van der Waals surface area contributed by atoms with E-state index in [1.54, 1.807) is 0 Å². The molecule has 1 aliphatic heterocycles. The standard InChI is InChI=1S/C10H18N2O2/c13-6-8-4-11-5-9(8)12-10(14)7-2-1-3-7/h7-9,11,13H,1-6H2,(H,12,14). The monoisotopic (exact) mass is 198 g/mol. The van der Waals surface area contributed by atoms with Crippen molar-refractivity contribution in [1.82, 2.24) is 10.6 Å². The summed E-state index contributed by atoms with van der Waals surface area (Å²) in [5.41, 5.74) is 0. The van der Waals surface area contributed by atoms with Crippen molar-refractivity contribution in [3.8, 4) is 0 Å². The van der Waals surface area contributed by atoms with E-state index < -0.39 is 0 Å². The van der Waals surface area contributed by atoms with Gasteiger partial charge in [0.25, 0.3) is 0 Å². The minimum Gasteiger partial charge on any atom is -0.396 e. The molecule has 2 rings (SSSR count). The molecule has 0 aromatic heterocycles. The Morgan fingerprint density at radius 1 is 1.43 bits per heavy atom. The molecule has 0 aromatic carbocycles. The maximum atomic E-state index is 11.6. The van der Waals surface area contributed by atoms with Gasteiger partial charge < -0.3 is 15.7 Å². The van der Waals surface area contributed by atoms with Crippen molar-refractivity contribution in [3.05, 3.63) is 0 Å². The van der Waals surface area contributed by atoms with Gasteiger partial charge in [-0.3, -0.25) is 4.79 Å². The summed E-state index contributed by atoms with van der Waals surface area (Å²) < 4.78 is 0. The molecule has 1 saturated carbocycles. The van der Waals surface area contributed by atoms with Gasteiger partial charge in [-0.1, -0.05) is 6.42 Å². The van der Waals surface area contributed by atoms with Crippen molar-refractivity contribution < 1.29 is 9.90 Å². The summed E-state index contributed by atoms with van der Waals surface area (Å²) in [4.78, 5) is 11.6. The van der Waals surface area contributed by atoms with Crippen molar-refractivity contribution in [2.75, 3.05) is 19.7 Å². The molecular formula is C10H18N2O2. The molecule has 2 aliphatic rings. The molecular weight excluding hydrogens is 180 g/mol. The molecule has 1 heterocycles. The molecule has 4 heteroatoms. The SMILES string of the molecule is O=C(NC1CNCC1CO)C1CCC1. The Hall–Kier alpha value is -0.610. The van der Waals surface area contributed by atoms with Gasteiger partial charge in [-0.05, 0) is 12.8 Å². The van der Waals surface area contributed by atoms with E-state index in [-0.39, 0.29) is 30.4 Å². The minimum absolute atomic E-state index is 0.133. The lowest BCUT2D eigenvalue weighted by Gasteiger charge is -2.27. The van der Waals surface area contributed by atoms with Crippen LogP contribution in [0, 0.1) is 11.8 Å². The first-order chi connectivity index (χ1) is 6.81. The third-order valence-electron chi connectivity index (χ3n) is 3.38. The normalized spacial score (nSPS) is 32.6. The van der Waals surface area contributed by atoms with E-state index in [4.69, 9.17) is 5.11 Å². The summed E-state index contributed by atoms with van der Waals surface area (Å²) in [6.07, 6.45) is 3.26. The van der Waals surface area contributed by atoms with Gasteiger partial charge in [0.15, 0.2) is 0 Å². The second-order valence-electron chi connectivity index (χ2n) is 4.34. The average Bonchev–Trinajstić information content (AvgIpc) is 2.48. The largest absolute Gasteiger partial charge is 0.396 e. The second-order valence-corrected chi connectivity index (χ2v) is 4.34. The number of aliphatic hydroxyl groups excluding tert-OH is 1. The summed E-state index contributed by atoms with van der Waals surface area (Å²) in [6.45, 7) is 1.76. The highest BCUT2D eigenvalue weighted by Gasteiger charge is 2.31. The van der Waals surface area contributed by atoms with Crippen LogP contribution in [0.2, 0.25) is 0 Å². The van der Waals surface area contributed by atoms with E-state index in [1.807, 2.05) is 0 Å². The predicted octanol–water partition coefficient (Wildman–Crippen LogP) is -0.517. The van der Waals surface area contributed by atoms with E-state index in [0.29, 0.717) is 0 Å². The smallest absolute Gasteiger partial charge is 0.223 e. The molecule has 0 bridgehead atoms. The topological polar surface area (TPSA) is 61.4 Å². The van der Waals surface area contributed by atoms with Crippen LogP contribution in [0.3, 0.4) is 0 Å². The van der Waals surface area contributed by atoms with Gasteiger partial charge in [-0.2, -0.15) is 0 Å². The molecule has 4 nitrogen and oxygen atoms in total. The summed E-state index contributed by atoms with van der Waals surface area (Å²) >= 11 is 0. The zero-order valence-electron chi connectivity index (χ0n) is 8.33. The molecule has 1 aliphatic carbocycles. The Labute approximate surface area is 84.1 Å². The molecule has 1 saturated heterocycles. The van der Waals surface area contributed by atoms with E-state index in [9.17, 15) is 4.79 Å². The number of carbonyl (C=O) groups excluding carboxylic acids is 1. The van der Waals surface area contributed by atoms with Crippen LogP contribution in [0.1, 0.15) is 19.3 Å². The van der Waals surface area contributed by atoms with Crippen LogP contribution in [-0.2, 0) is 4.79 Å². The quantitative estimate of drug-likeness (QED) is 0.572. The molecule has 3 N–H and O–H groups in total. The van der Waals surface area contributed by atoms with Crippen molar-refractivity contribution >= 4 is 5.91 Å². The van der Waals surface area contributed by atoms with Gasteiger partial charge in [0.1, 0.15) is 0 Å². The Morgan fingerprint density at radius 3 is 2.79 bits per heavy atom. The Bertz CT molecular complexity index is 216. The highest BCUT2D eigenvalue weighted by Crippen LogP contribution is 2.26. The molecule has 2 unspecified atom stereocenters. The number of carbonyl (C=O) groups is 1. The maximum absolute atomic E-state index is 11.6. The van der Waals surface area contributed by atoms with E-state index >= 15 is 0 Å². The lowest BCUT2D eigenvalue weighted by Crippen LogP contribution is -2.45. The van der Waals surface area contributed by atoms with Crippen LogP contribution in [0.25, 0.3) is 0 Å². The number of hydrogen-bond acceptors (Lipinski definition) is 3. The molecule has 0 radical (unpaired) electrons. The Morgan fingerprint density at radius 2 is 2.21 bits per heavy atom. The predicted molar refractivity (Wildman–Crippen MR) is 52.7 cm³/mol. The molecule has 2 fully saturated rings. The lowest BCUT2D eigenvalue weighted by atomic mass is 9.84. The van der Waals surface area contributed by atoms with Crippen LogP contribution in [-0.4, -0.2) is 36.8 Å². The lowest BCUT2D eigenvalue weighted by molar-refractivity contribution is -0.128. The Balaban J connectivity index is 1.80. The van der Waals surface area contributed by atoms with Crippen LogP contribution in [0.15, 0.2) is 0 Å². The van der Waals surface area contributed by atoms with Gasteiger partial charge >= 0.3 is 0 Å². The first-order valence-corrected chi connectivity index (χ1v) is 5.43. The van der Waals surface area contributed by atoms with Crippen LogP contribution in [0.4, 0.5) is 0 Å². The van der Waals surface area contributed by atoms with Gasteiger partial charge in [0.05, 0.1) is 0 Å². The van der Waals surface area contributed by atoms with Gasteiger partial charge in [-0.15, -0.1) is 0 Å². The first kappa shape index (κ1) is 9.93. The maximum Gasteiger partial charge on any atom is 0.223 e. The fourth-order valence-corrected chi connectivity index (χ4v) is 2.06. The summed E-state index contributed by atoms with van der Waals surface area (Å²) in [5.74, 6) is 0.623. The third-order valence-corrected chi connectivity index (χ3v) is 3.38. The number of hydrogen-bond donors (Lipinski definition) is 3. The van der Waals surface area contributed by atoms with E-state index in [2.05, 4.69) is 10.6 Å². The minimum atomic E-state index is 0.133. The second kappa shape index (κ2) is 4.28. The van der Waals surface area contributed by atoms with Crippen molar-refractivity contribution in [1.29, 1.82) is 0 Å². The summed E-state index contributed by atoms with van der Waals surface area (Å²) in [5, 5.41) is 15.3. The average molecular weight is 198 g/mol. The number of nitrogens with one attached hydrogen (secondary N) is 2. The van der Waals surface area contributed by atoms with Crippen molar-refractivity contribution in [2.45, 2.75) is 25.3 Å². The van der Waals surface area contributed by atoms with E-state index in [0.717, 1.165) is 25.9 Å². The third kappa shape index (κ3) is 1.91. The van der Waals surface area contributed by atoms with Gasteiger partial charge in [0.2, 0.25) is 5.91 Å². The van der Waals surface area contributed by atoms with Gasteiger partial charge in [-0.25, -0.2) is 0 Å². The molecule has 14 heavy (non-hydrogen) atoms. The number of rotatable bonds is 3. The zero-order valence-corrected chi connectivity index (χ0v) is 8.33. The summed E-state index contributed by atoms with van der Waals surface area (Å²) in [7, 11) is 0. The fraction of sp³-hybridized carbons (Fsp3) is 0.900. The zero-order chi connectivity index (χ0) is 9.97.